The maximum absolute atomic E-state index is 13.7. The van der Waals surface area contributed by atoms with Crippen LogP contribution in [0.25, 0.3) is 0 Å². The van der Waals surface area contributed by atoms with E-state index in [2.05, 4.69) is 0 Å². The molecule has 55 heavy (non-hydrogen) atoms. The van der Waals surface area contributed by atoms with Crippen molar-refractivity contribution in [1.29, 1.82) is 0 Å². The number of hydrogen-bond acceptors (Lipinski definition) is 6. The van der Waals surface area contributed by atoms with Gasteiger partial charge in [-0.3, -0.25) is 19.0 Å². The lowest BCUT2D eigenvalue weighted by Gasteiger charge is -2.47. The Morgan fingerprint density at radius 2 is 1.04 bits per heavy atom. The average molecular weight is 823 g/mol. The summed E-state index contributed by atoms with van der Waals surface area (Å²) < 4.78 is 14.9. The van der Waals surface area contributed by atoms with Crippen LogP contribution in [-0.2, 0) is 22.7 Å². The molecule has 0 N–H and O–H groups in total. The number of benzene rings is 4. The first-order valence-electron chi connectivity index (χ1n) is 17.8. The van der Waals surface area contributed by atoms with Gasteiger partial charge in [-0.25, -0.2) is 4.79 Å². The van der Waals surface area contributed by atoms with Crippen molar-refractivity contribution in [3.8, 4) is 11.5 Å². The number of rotatable bonds is 14. The van der Waals surface area contributed by atoms with Gasteiger partial charge in [-0.05, 0) is 79.4 Å². The number of halogens is 4. The lowest BCUT2D eigenvalue weighted by Crippen LogP contribution is -2.61. The van der Waals surface area contributed by atoms with Gasteiger partial charge >= 0.3 is 5.69 Å². The molecule has 4 aromatic carbocycles. The van der Waals surface area contributed by atoms with Crippen LogP contribution in [-0.4, -0.2) is 56.0 Å². The number of aryl methyl sites for hydroxylation is 2. The average Bonchev–Trinajstić information content (AvgIpc) is 3.17. The molecule has 0 saturated carbocycles. The maximum Gasteiger partial charge on any atom is 0.330 e. The van der Waals surface area contributed by atoms with E-state index in [1.54, 1.807) is 77.4 Å². The van der Waals surface area contributed by atoms with Crippen LogP contribution in [0.5, 0.6) is 11.5 Å². The van der Waals surface area contributed by atoms with Gasteiger partial charge in [0, 0.05) is 58.0 Å². The van der Waals surface area contributed by atoms with Gasteiger partial charge in [-0.2, -0.15) is 0 Å². The van der Waals surface area contributed by atoms with E-state index in [-0.39, 0.29) is 31.4 Å². The lowest BCUT2D eigenvalue weighted by atomic mass is 9.90. The van der Waals surface area contributed by atoms with Crippen LogP contribution in [0.3, 0.4) is 0 Å². The fraction of sp³-hybridized carbons (Fsp3) is 0.268. The number of carbonyl (C=O) groups is 2. The van der Waals surface area contributed by atoms with Gasteiger partial charge in [0.25, 0.3) is 17.4 Å². The van der Waals surface area contributed by atoms with E-state index in [4.69, 9.17) is 55.9 Å². The SMILES string of the molecule is Cc1cn(CCCN2C(=O)[C@@H](Oc3ccccc3)[C@H]2c2ccc(Cl)cc2Cl)c(=O)n(CCCN2C(=O)[C@@H](Oc3ccccc3)[C@H]2c2ccc(Cl)cc2Cl)c1=O. The van der Waals surface area contributed by atoms with E-state index < -0.39 is 35.5 Å². The van der Waals surface area contributed by atoms with Crippen molar-refractivity contribution in [3.63, 3.8) is 0 Å². The van der Waals surface area contributed by atoms with Gasteiger partial charge in [0.1, 0.15) is 23.6 Å². The normalized spacial score (nSPS) is 19.2. The first-order chi connectivity index (χ1) is 26.5. The zero-order chi connectivity index (χ0) is 38.8. The molecule has 0 aliphatic carbocycles. The Morgan fingerprint density at radius 1 is 0.582 bits per heavy atom. The molecule has 2 aliphatic rings. The standard InChI is InChI=1S/C41H36Cl4N4O6/c1-25-24-46(18-8-19-47-34(30-16-14-26(42)22-32(30)44)36(39(47)51)54-28-10-4-2-5-11-28)41(53)49(38(25)50)21-9-20-48-35(31-17-15-27(43)23-33(31)45)37(40(48)52)55-29-12-6-3-7-13-29/h2-7,10-17,22-24,34-37H,8-9,18-21H2,1H3/t34-,35-,36+,37+/m1/s1. The molecule has 2 saturated heterocycles. The number of hydrogen-bond donors (Lipinski definition) is 0. The Hall–Kier alpha value is -4.74. The fourth-order valence-electron chi connectivity index (χ4n) is 7.16. The fourth-order valence-corrected chi connectivity index (χ4v) is 8.21. The number of likely N-dealkylation sites (tertiary alicyclic amines) is 2. The summed E-state index contributed by atoms with van der Waals surface area (Å²) in [6.07, 6.45) is 0.670. The Labute approximate surface area is 337 Å². The van der Waals surface area contributed by atoms with Crippen LogP contribution in [0.2, 0.25) is 20.1 Å². The predicted molar refractivity (Wildman–Crippen MR) is 212 cm³/mol. The maximum atomic E-state index is 13.7. The van der Waals surface area contributed by atoms with Crippen LogP contribution >= 0.6 is 46.4 Å². The molecule has 4 atom stereocenters. The second-order valence-electron chi connectivity index (χ2n) is 13.4. The van der Waals surface area contributed by atoms with Gasteiger partial charge in [-0.15, -0.1) is 0 Å². The molecule has 14 heteroatoms. The summed E-state index contributed by atoms with van der Waals surface area (Å²) in [5.41, 5.74) is 0.887. The molecule has 0 bridgehead atoms. The van der Waals surface area contributed by atoms with E-state index >= 15 is 0 Å². The number of nitrogens with zero attached hydrogens (tertiary/aromatic N) is 4. The van der Waals surface area contributed by atoms with Gasteiger partial charge in [0.2, 0.25) is 12.2 Å². The molecule has 0 unspecified atom stereocenters. The van der Waals surface area contributed by atoms with Crippen molar-refractivity contribution in [2.45, 2.75) is 57.1 Å². The number of aromatic nitrogens is 2. The molecule has 2 amide bonds. The molecule has 0 spiro atoms. The van der Waals surface area contributed by atoms with Crippen molar-refractivity contribution in [1.82, 2.24) is 18.9 Å². The molecule has 7 rings (SSSR count). The minimum Gasteiger partial charge on any atom is -0.478 e. The zero-order valence-corrected chi connectivity index (χ0v) is 32.6. The highest BCUT2D eigenvalue weighted by atomic mass is 35.5. The van der Waals surface area contributed by atoms with E-state index in [1.807, 2.05) is 36.4 Å². The third kappa shape index (κ3) is 8.00. The summed E-state index contributed by atoms with van der Waals surface area (Å²) >= 11 is 25.5. The summed E-state index contributed by atoms with van der Waals surface area (Å²) in [5, 5.41) is 1.75. The summed E-state index contributed by atoms with van der Waals surface area (Å²) in [7, 11) is 0. The van der Waals surface area contributed by atoms with Crippen molar-refractivity contribution in [2.24, 2.45) is 0 Å². The second kappa shape index (κ2) is 16.5. The molecule has 1 aromatic heterocycles. The molecule has 284 valence electrons. The largest absolute Gasteiger partial charge is 0.478 e. The monoisotopic (exact) mass is 820 g/mol. The molecule has 2 aliphatic heterocycles. The summed E-state index contributed by atoms with van der Waals surface area (Å²) in [6.45, 7) is 2.53. The third-order valence-corrected chi connectivity index (χ3v) is 11.0. The Bertz CT molecular complexity index is 2340. The van der Waals surface area contributed by atoms with Crippen LogP contribution in [0.15, 0.2) is 113 Å². The smallest absolute Gasteiger partial charge is 0.330 e. The number of para-hydroxylation sites is 2. The molecule has 2 fully saturated rings. The first-order valence-corrected chi connectivity index (χ1v) is 19.3. The molecular formula is C41H36Cl4N4O6. The van der Waals surface area contributed by atoms with E-state index in [0.717, 1.165) is 0 Å². The van der Waals surface area contributed by atoms with E-state index in [0.29, 0.717) is 67.7 Å². The van der Waals surface area contributed by atoms with Crippen LogP contribution in [0.4, 0.5) is 0 Å². The number of ether oxygens (including phenoxy) is 2. The summed E-state index contributed by atoms with van der Waals surface area (Å²) in [5.74, 6) is 0.668. The van der Waals surface area contributed by atoms with Crippen molar-refractivity contribution in [3.05, 3.63) is 161 Å². The Morgan fingerprint density at radius 3 is 1.49 bits per heavy atom. The van der Waals surface area contributed by atoms with E-state index in [1.165, 1.54) is 15.3 Å². The topological polar surface area (TPSA) is 103 Å². The molecule has 0 radical (unpaired) electrons. The lowest BCUT2D eigenvalue weighted by molar-refractivity contribution is -0.164. The van der Waals surface area contributed by atoms with Crippen LogP contribution < -0.4 is 20.7 Å². The molecule has 5 aromatic rings. The van der Waals surface area contributed by atoms with Crippen molar-refractivity contribution in [2.75, 3.05) is 13.1 Å². The molecule has 10 nitrogen and oxygen atoms in total. The summed E-state index contributed by atoms with van der Waals surface area (Å²) in [4.78, 5) is 57.1. The highest BCUT2D eigenvalue weighted by Crippen LogP contribution is 2.43. The predicted octanol–water partition coefficient (Wildman–Crippen LogP) is 7.77. The molecule has 3 heterocycles. The minimum atomic E-state index is -0.811. The Kier molecular flexibility index (Phi) is 11.6. The third-order valence-electron chi connectivity index (χ3n) is 9.86. The van der Waals surface area contributed by atoms with Crippen LogP contribution in [0, 0.1) is 6.92 Å². The number of amides is 2. The van der Waals surface area contributed by atoms with Crippen LogP contribution in [0.1, 0.15) is 41.6 Å². The van der Waals surface area contributed by atoms with E-state index in [9.17, 15) is 19.2 Å². The first kappa shape index (κ1) is 38.5. The van der Waals surface area contributed by atoms with Crippen molar-refractivity contribution >= 4 is 58.2 Å². The zero-order valence-electron chi connectivity index (χ0n) is 29.6. The summed E-state index contributed by atoms with van der Waals surface area (Å²) in [6, 6.07) is 27.4. The van der Waals surface area contributed by atoms with Gasteiger partial charge < -0.3 is 23.8 Å². The second-order valence-corrected chi connectivity index (χ2v) is 15.1. The van der Waals surface area contributed by atoms with Gasteiger partial charge in [-0.1, -0.05) is 94.9 Å². The quantitative estimate of drug-likeness (QED) is 0.106. The highest BCUT2D eigenvalue weighted by molar-refractivity contribution is 6.35. The highest BCUT2D eigenvalue weighted by Gasteiger charge is 2.51. The van der Waals surface area contributed by atoms with Gasteiger partial charge in [0.05, 0.1) is 0 Å². The van der Waals surface area contributed by atoms with Gasteiger partial charge in [0.15, 0.2) is 0 Å². The Balaban J connectivity index is 1.03. The molecular weight excluding hydrogens is 786 g/mol. The van der Waals surface area contributed by atoms with Crippen molar-refractivity contribution < 1.29 is 19.1 Å². The number of carbonyl (C=O) groups excluding carboxylic acids is 2. The minimum absolute atomic E-state index is 0.0780. The number of β-lactam (4-membered cyclic amide) rings is 2.